The molecule has 2 aliphatic heterocycles. The number of nitrogens with one attached hydrogen (secondary N) is 1. The lowest BCUT2D eigenvalue weighted by atomic mass is 9.44. The molecule has 2 saturated heterocycles. The third-order valence-corrected chi connectivity index (χ3v) is 12.5. The molecule has 0 aromatic rings. The molecule has 4 saturated carbocycles. The lowest BCUT2D eigenvalue weighted by Crippen LogP contribution is -2.57. The van der Waals surface area contributed by atoms with E-state index in [0.717, 1.165) is 48.7 Å². The van der Waals surface area contributed by atoms with Gasteiger partial charge in [0.25, 0.3) is 0 Å². The Hall–Kier alpha value is -0.380. The third kappa shape index (κ3) is 3.30. The monoisotopic (exact) mass is 455 g/mol. The second kappa shape index (κ2) is 8.07. The molecule has 0 radical (unpaired) electrons. The van der Waals surface area contributed by atoms with E-state index in [0.29, 0.717) is 29.0 Å². The minimum atomic E-state index is -0.0276. The van der Waals surface area contributed by atoms with Gasteiger partial charge in [0.05, 0.1) is 18.8 Å². The molecule has 33 heavy (non-hydrogen) atoms. The van der Waals surface area contributed by atoms with Gasteiger partial charge in [-0.25, -0.2) is 0 Å². The minimum Gasteiger partial charge on any atom is -0.374 e. The molecule has 3 nitrogen and oxygen atoms in total. The zero-order valence-corrected chi connectivity index (χ0v) is 21.8. The van der Waals surface area contributed by atoms with Crippen molar-refractivity contribution in [2.45, 2.75) is 110 Å². The molecule has 6 rings (SSSR count). The SMILES string of the molecule is C=CCO[C@H]1CC[C@@]2(C)C(CC[C@@H]3C2CC[C@@]2(C)C3CC3O[C@@]4(CC[C@H](C)CN4)[C@@H](C)C32)C1. The Kier molecular flexibility index (Phi) is 5.63. The molecule has 0 bridgehead atoms. The first kappa shape index (κ1) is 23.0. The van der Waals surface area contributed by atoms with Crippen molar-refractivity contribution in [3.05, 3.63) is 12.7 Å². The second-order valence-corrected chi connectivity index (χ2v) is 13.8. The van der Waals surface area contributed by atoms with Crippen LogP contribution in [0.15, 0.2) is 12.7 Å². The third-order valence-electron chi connectivity index (χ3n) is 12.5. The summed E-state index contributed by atoms with van der Waals surface area (Å²) in [6, 6.07) is 0. The predicted octanol–water partition coefficient (Wildman–Crippen LogP) is 6.58. The summed E-state index contributed by atoms with van der Waals surface area (Å²) in [5.41, 5.74) is 0.984. The van der Waals surface area contributed by atoms with Crippen LogP contribution in [0.3, 0.4) is 0 Å². The van der Waals surface area contributed by atoms with E-state index >= 15 is 0 Å². The van der Waals surface area contributed by atoms with Crippen LogP contribution < -0.4 is 5.32 Å². The maximum Gasteiger partial charge on any atom is 0.122 e. The zero-order valence-electron chi connectivity index (χ0n) is 21.8. The first-order chi connectivity index (χ1) is 15.8. The van der Waals surface area contributed by atoms with Gasteiger partial charge in [-0.05, 0) is 111 Å². The first-order valence-electron chi connectivity index (χ1n) is 14.5. The van der Waals surface area contributed by atoms with Crippen LogP contribution in [0.2, 0.25) is 0 Å². The summed E-state index contributed by atoms with van der Waals surface area (Å²) >= 11 is 0. The lowest BCUT2D eigenvalue weighted by molar-refractivity contribution is -0.144. The van der Waals surface area contributed by atoms with Crippen molar-refractivity contribution in [2.75, 3.05) is 13.2 Å². The van der Waals surface area contributed by atoms with Gasteiger partial charge in [-0.2, -0.15) is 0 Å². The number of hydrogen-bond donors (Lipinski definition) is 1. The molecule has 0 aromatic heterocycles. The Morgan fingerprint density at radius 2 is 1.79 bits per heavy atom. The first-order valence-corrected chi connectivity index (χ1v) is 14.5. The summed E-state index contributed by atoms with van der Waals surface area (Å²) in [5.74, 6) is 5.77. The number of hydrogen-bond acceptors (Lipinski definition) is 3. The van der Waals surface area contributed by atoms with Crippen LogP contribution >= 0.6 is 0 Å². The molecule has 5 unspecified atom stereocenters. The van der Waals surface area contributed by atoms with E-state index in [2.05, 4.69) is 39.6 Å². The van der Waals surface area contributed by atoms with Crippen molar-refractivity contribution in [1.82, 2.24) is 5.32 Å². The average molecular weight is 456 g/mol. The fourth-order valence-electron chi connectivity index (χ4n) is 10.8. The van der Waals surface area contributed by atoms with Crippen LogP contribution in [0.5, 0.6) is 0 Å². The molecule has 3 heteroatoms. The van der Waals surface area contributed by atoms with Gasteiger partial charge in [-0.15, -0.1) is 6.58 Å². The largest absolute Gasteiger partial charge is 0.374 e. The molecule has 1 N–H and O–H groups in total. The fourth-order valence-corrected chi connectivity index (χ4v) is 10.8. The maximum atomic E-state index is 7.06. The second-order valence-electron chi connectivity index (χ2n) is 13.8. The number of piperidine rings is 1. The molecule has 1 spiro atoms. The predicted molar refractivity (Wildman–Crippen MR) is 134 cm³/mol. The molecule has 2 heterocycles. The molecule has 6 aliphatic rings. The van der Waals surface area contributed by atoms with Gasteiger partial charge in [0.2, 0.25) is 0 Å². The molecule has 0 amide bonds. The number of rotatable bonds is 3. The van der Waals surface area contributed by atoms with E-state index in [-0.39, 0.29) is 5.72 Å². The average Bonchev–Trinajstić information content (AvgIpc) is 3.24. The molecule has 4 aliphatic carbocycles. The Labute approximate surface area is 202 Å². The topological polar surface area (TPSA) is 30.5 Å². The summed E-state index contributed by atoms with van der Waals surface area (Å²) in [6.45, 7) is 16.0. The van der Waals surface area contributed by atoms with Crippen molar-refractivity contribution in [3.63, 3.8) is 0 Å². The quantitative estimate of drug-likeness (QED) is 0.488. The Morgan fingerprint density at radius 1 is 0.970 bits per heavy atom. The Morgan fingerprint density at radius 3 is 2.55 bits per heavy atom. The Balaban J connectivity index is 1.20. The number of ether oxygens (including phenoxy) is 2. The minimum absolute atomic E-state index is 0.0276. The van der Waals surface area contributed by atoms with Gasteiger partial charge in [0.1, 0.15) is 5.72 Å². The highest BCUT2D eigenvalue weighted by Gasteiger charge is 2.68. The summed E-state index contributed by atoms with van der Waals surface area (Å²) < 4.78 is 13.2. The van der Waals surface area contributed by atoms with Crippen LogP contribution in [-0.4, -0.2) is 31.1 Å². The summed E-state index contributed by atoms with van der Waals surface area (Å²) in [6.07, 6.45) is 16.4. The van der Waals surface area contributed by atoms with E-state index in [1.54, 1.807) is 0 Å². The molecular formula is C30H49NO2. The standard InChI is InChI=1S/C30H49NO2/c1-6-15-32-22-10-12-28(4)21(16-22)7-8-23-24(28)11-13-29(5)25(23)17-26-27(29)20(3)30(33-26)14-9-19(2)18-31-30/h6,19-27,31H,1,7-18H2,2-5H3/t19-,20-,21?,22-,23+,24?,25?,26?,27?,28-,29-,30-/m0/s1. The van der Waals surface area contributed by atoms with Crippen LogP contribution in [0.4, 0.5) is 0 Å². The van der Waals surface area contributed by atoms with Crippen molar-refractivity contribution in [2.24, 2.45) is 52.3 Å². The van der Waals surface area contributed by atoms with E-state index in [1.165, 1.54) is 64.2 Å². The highest BCUT2D eigenvalue weighted by atomic mass is 16.5. The molecule has 12 atom stereocenters. The smallest absolute Gasteiger partial charge is 0.122 e. The van der Waals surface area contributed by atoms with E-state index in [1.807, 2.05) is 6.08 Å². The Bertz CT molecular complexity index is 758. The van der Waals surface area contributed by atoms with E-state index in [9.17, 15) is 0 Å². The highest BCUT2D eigenvalue weighted by Crippen LogP contribution is 2.71. The summed E-state index contributed by atoms with van der Waals surface area (Å²) in [5, 5.41) is 3.91. The van der Waals surface area contributed by atoms with Gasteiger partial charge in [-0.3, -0.25) is 5.32 Å². The van der Waals surface area contributed by atoms with Crippen LogP contribution in [0, 0.1) is 52.3 Å². The van der Waals surface area contributed by atoms with Crippen LogP contribution in [0.25, 0.3) is 0 Å². The number of fused-ring (bicyclic) bond motifs is 7. The van der Waals surface area contributed by atoms with Gasteiger partial charge in [-0.1, -0.05) is 33.8 Å². The highest BCUT2D eigenvalue weighted by molar-refractivity contribution is 5.16. The van der Waals surface area contributed by atoms with Crippen LogP contribution in [-0.2, 0) is 9.47 Å². The van der Waals surface area contributed by atoms with Crippen LogP contribution in [0.1, 0.15) is 91.9 Å². The van der Waals surface area contributed by atoms with Crippen molar-refractivity contribution >= 4 is 0 Å². The zero-order chi connectivity index (χ0) is 23.0. The van der Waals surface area contributed by atoms with Gasteiger partial charge in [0, 0.05) is 12.5 Å². The van der Waals surface area contributed by atoms with E-state index < -0.39 is 0 Å². The molecule has 6 fully saturated rings. The maximum absolute atomic E-state index is 7.06. The van der Waals surface area contributed by atoms with Gasteiger partial charge in [0.15, 0.2) is 0 Å². The fraction of sp³-hybridized carbons (Fsp3) is 0.933. The van der Waals surface area contributed by atoms with Gasteiger partial charge < -0.3 is 9.47 Å². The summed E-state index contributed by atoms with van der Waals surface area (Å²) in [4.78, 5) is 0. The lowest BCUT2D eigenvalue weighted by Gasteiger charge is -2.61. The van der Waals surface area contributed by atoms with Crippen molar-refractivity contribution in [3.8, 4) is 0 Å². The normalized spacial score (nSPS) is 57.8. The van der Waals surface area contributed by atoms with Crippen molar-refractivity contribution in [1.29, 1.82) is 0 Å². The molecule has 186 valence electrons. The molecule has 0 aromatic carbocycles. The van der Waals surface area contributed by atoms with Gasteiger partial charge >= 0.3 is 0 Å². The molecular weight excluding hydrogens is 406 g/mol. The van der Waals surface area contributed by atoms with E-state index in [4.69, 9.17) is 9.47 Å². The van der Waals surface area contributed by atoms with Crippen molar-refractivity contribution < 1.29 is 9.47 Å². The summed E-state index contributed by atoms with van der Waals surface area (Å²) in [7, 11) is 0.